The van der Waals surface area contributed by atoms with Gasteiger partial charge in [0, 0.05) is 12.4 Å². The van der Waals surface area contributed by atoms with Gasteiger partial charge in [-0.2, -0.15) is 0 Å². The minimum Gasteiger partial charge on any atom is -0.373 e. The van der Waals surface area contributed by atoms with E-state index in [1.807, 2.05) is 7.05 Å². The molecule has 118 valence electrons. The lowest BCUT2D eigenvalue weighted by Crippen LogP contribution is -2.00. The third-order valence-corrected chi connectivity index (χ3v) is 4.53. The van der Waals surface area contributed by atoms with Gasteiger partial charge < -0.3 is 5.32 Å². The van der Waals surface area contributed by atoms with Gasteiger partial charge in [0.15, 0.2) is 0 Å². The molecule has 3 nitrogen and oxygen atoms in total. The summed E-state index contributed by atoms with van der Waals surface area (Å²) in [6.07, 6.45) is 2.73. The molecule has 2 aromatic carbocycles. The number of anilines is 1. The monoisotopic (exact) mass is 305 g/mol. The highest BCUT2D eigenvalue weighted by Crippen LogP contribution is 2.34. The second kappa shape index (κ2) is 6.37. The predicted molar refractivity (Wildman–Crippen MR) is 98.0 cm³/mol. The van der Waals surface area contributed by atoms with Crippen molar-refractivity contribution < 1.29 is 0 Å². The maximum Gasteiger partial charge on any atom is 0.137 e. The second-order valence-electron chi connectivity index (χ2n) is 6.11. The second-order valence-corrected chi connectivity index (χ2v) is 6.11. The number of benzene rings is 2. The quantitative estimate of drug-likeness (QED) is 0.723. The highest BCUT2D eigenvalue weighted by molar-refractivity contribution is 5.95. The maximum absolute atomic E-state index is 4.56. The molecular formula is C20H23N3. The van der Waals surface area contributed by atoms with Gasteiger partial charge in [-0.15, -0.1) is 0 Å². The van der Waals surface area contributed by atoms with Crippen LogP contribution in [0.15, 0.2) is 42.7 Å². The van der Waals surface area contributed by atoms with Crippen molar-refractivity contribution in [2.45, 2.75) is 33.1 Å². The van der Waals surface area contributed by atoms with Crippen LogP contribution in [0.3, 0.4) is 0 Å². The molecular weight excluding hydrogens is 282 g/mol. The zero-order chi connectivity index (χ0) is 16.4. The van der Waals surface area contributed by atoms with Crippen LogP contribution in [0.5, 0.6) is 0 Å². The lowest BCUT2D eigenvalue weighted by molar-refractivity contribution is 0.738. The number of hydrogen-bond acceptors (Lipinski definition) is 3. The van der Waals surface area contributed by atoms with Crippen LogP contribution in [0.25, 0.3) is 22.0 Å². The number of hydrogen-bond donors (Lipinski definition) is 1. The van der Waals surface area contributed by atoms with Gasteiger partial charge in [0.2, 0.25) is 0 Å². The summed E-state index contributed by atoms with van der Waals surface area (Å²) in [5, 5.41) is 4.28. The van der Waals surface area contributed by atoms with Crippen molar-refractivity contribution in [3.63, 3.8) is 0 Å². The molecule has 0 fully saturated rings. The Hall–Kier alpha value is -2.42. The van der Waals surface area contributed by atoms with E-state index in [1.54, 1.807) is 6.33 Å². The molecule has 0 aliphatic heterocycles. The van der Waals surface area contributed by atoms with E-state index in [9.17, 15) is 0 Å². The highest BCUT2D eigenvalue weighted by atomic mass is 15.0. The van der Waals surface area contributed by atoms with Crippen LogP contribution in [0.4, 0.5) is 5.82 Å². The fraction of sp³-hybridized carbons (Fsp3) is 0.300. The van der Waals surface area contributed by atoms with Crippen molar-refractivity contribution in [2.24, 2.45) is 0 Å². The van der Waals surface area contributed by atoms with Gasteiger partial charge >= 0.3 is 0 Å². The Kier molecular flexibility index (Phi) is 4.28. The van der Waals surface area contributed by atoms with Crippen molar-refractivity contribution in [1.29, 1.82) is 0 Å². The molecule has 0 bridgehead atoms. The first-order valence-corrected chi connectivity index (χ1v) is 8.17. The first kappa shape index (κ1) is 15.5. The molecule has 1 atom stereocenters. The van der Waals surface area contributed by atoms with Crippen molar-refractivity contribution >= 4 is 16.7 Å². The van der Waals surface area contributed by atoms with Gasteiger partial charge in [-0.25, -0.2) is 9.97 Å². The molecule has 3 aromatic rings. The summed E-state index contributed by atoms with van der Waals surface area (Å²) in [4.78, 5) is 8.93. The largest absolute Gasteiger partial charge is 0.373 e. The Morgan fingerprint density at radius 2 is 1.78 bits per heavy atom. The Morgan fingerprint density at radius 3 is 2.43 bits per heavy atom. The molecule has 1 N–H and O–H groups in total. The molecule has 0 spiro atoms. The van der Waals surface area contributed by atoms with Gasteiger partial charge in [-0.1, -0.05) is 43.7 Å². The molecule has 0 aliphatic carbocycles. The SMILES string of the molecule is CCC(C)c1cc(-c2ccc(C)cc2)cc2c(NC)ncnc12. The molecule has 3 heteroatoms. The summed E-state index contributed by atoms with van der Waals surface area (Å²) in [7, 11) is 1.91. The average Bonchev–Trinajstić information content (AvgIpc) is 2.60. The minimum absolute atomic E-state index is 0.461. The van der Waals surface area contributed by atoms with Crippen LogP contribution in [0.2, 0.25) is 0 Å². The minimum atomic E-state index is 0.461. The first-order chi connectivity index (χ1) is 11.1. The normalized spacial score (nSPS) is 12.3. The zero-order valence-electron chi connectivity index (χ0n) is 14.2. The predicted octanol–water partition coefficient (Wildman–Crippen LogP) is 5.16. The topological polar surface area (TPSA) is 37.8 Å². The molecule has 0 amide bonds. The van der Waals surface area contributed by atoms with E-state index >= 15 is 0 Å². The molecule has 23 heavy (non-hydrogen) atoms. The van der Waals surface area contributed by atoms with Crippen LogP contribution < -0.4 is 5.32 Å². The van der Waals surface area contributed by atoms with E-state index in [4.69, 9.17) is 0 Å². The Bertz CT molecular complexity index is 822. The van der Waals surface area contributed by atoms with E-state index in [0.717, 1.165) is 23.1 Å². The van der Waals surface area contributed by atoms with Crippen LogP contribution in [0, 0.1) is 6.92 Å². The fourth-order valence-corrected chi connectivity index (χ4v) is 2.90. The molecule has 1 heterocycles. The van der Waals surface area contributed by atoms with Crippen LogP contribution in [0.1, 0.15) is 37.3 Å². The van der Waals surface area contributed by atoms with Crippen LogP contribution in [-0.4, -0.2) is 17.0 Å². The summed E-state index contributed by atoms with van der Waals surface area (Å²) in [5.41, 5.74) is 6.07. The summed E-state index contributed by atoms with van der Waals surface area (Å²) >= 11 is 0. The smallest absolute Gasteiger partial charge is 0.137 e. The lowest BCUT2D eigenvalue weighted by atomic mass is 9.91. The van der Waals surface area contributed by atoms with E-state index in [2.05, 4.69) is 72.5 Å². The number of rotatable bonds is 4. The summed E-state index contributed by atoms with van der Waals surface area (Å²) < 4.78 is 0. The van der Waals surface area contributed by atoms with Gasteiger partial charge in [-0.3, -0.25) is 0 Å². The zero-order valence-corrected chi connectivity index (χ0v) is 14.2. The molecule has 3 rings (SSSR count). The molecule has 0 radical (unpaired) electrons. The number of nitrogens with zero attached hydrogens (tertiary/aromatic N) is 2. The van der Waals surface area contributed by atoms with E-state index in [1.165, 1.54) is 22.3 Å². The molecule has 0 saturated heterocycles. The summed E-state index contributed by atoms with van der Waals surface area (Å²) in [5.74, 6) is 1.34. The Balaban J connectivity index is 2.29. The lowest BCUT2D eigenvalue weighted by Gasteiger charge is -2.16. The third kappa shape index (κ3) is 2.91. The van der Waals surface area contributed by atoms with Crippen molar-refractivity contribution in [3.05, 3.63) is 53.9 Å². The Morgan fingerprint density at radius 1 is 1.04 bits per heavy atom. The number of aromatic nitrogens is 2. The van der Waals surface area contributed by atoms with E-state index in [0.29, 0.717) is 5.92 Å². The molecule has 0 saturated carbocycles. The summed E-state index contributed by atoms with van der Waals surface area (Å²) in [6, 6.07) is 13.1. The maximum atomic E-state index is 4.56. The van der Waals surface area contributed by atoms with E-state index < -0.39 is 0 Å². The van der Waals surface area contributed by atoms with Gasteiger partial charge in [0.1, 0.15) is 12.1 Å². The number of aryl methyl sites for hydroxylation is 1. The Labute approximate surface area is 137 Å². The number of nitrogens with one attached hydrogen (secondary N) is 1. The van der Waals surface area contributed by atoms with Gasteiger partial charge in [-0.05, 0) is 48.1 Å². The molecule has 0 aliphatic rings. The first-order valence-electron chi connectivity index (χ1n) is 8.17. The molecule has 1 aromatic heterocycles. The highest BCUT2D eigenvalue weighted by Gasteiger charge is 2.14. The number of fused-ring (bicyclic) bond motifs is 1. The van der Waals surface area contributed by atoms with Crippen LogP contribution >= 0.6 is 0 Å². The average molecular weight is 305 g/mol. The third-order valence-electron chi connectivity index (χ3n) is 4.53. The van der Waals surface area contributed by atoms with Crippen molar-refractivity contribution in [1.82, 2.24) is 9.97 Å². The van der Waals surface area contributed by atoms with Gasteiger partial charge in [0.05, 0.1) is 5.52 Å². The van der Waals surface area contributed by atoms with Crippen molar-refractivity contribution in [2.75, 3.05) is 12.4 Å². The standard InChI is InChI=1S/C20H23N3/c1-5-14(3)17-10-16(15-8-6-13(2)7-9-15)11-18-19(17)22-12-23-20(18)21-4/h6-12,14H,5H2,1-4H3,(H,21,22,23). The molecule has 1 unspecified atom stereocenters. The fourth-order valence-electron chi connectivity index (χ4n) is 2.90. The van der Waals surface area contributed by atoms with E-state index in [-0.39, 0.29) is 0 Å². The van der Waals surface area contributed by atoms with Gasteiger partial charge in [0.25, 0.3) is 0 Å². The van der Waals surface area contributed by atoms with Crippen molar-refractivity contribution in [3.8, 4) is 11.1 Å². The summed E-state index contributed by atoms with van der Waals surface area (Å²) in [6.45, 7) is 6.59. The van der Waals surface area contributed by atoms with Crippen LogP contribution in [-0.2, 0) is 0 Å².